The predicted molar refractivity (Wildman–Crippen MR) is 63.1 cm³/mol. The summed E-state index contributed by atoms with van der Waals surface area (Å²) in [6.45, 7) is 0. The van der Waals surface area contributed by atoms with E-state index >= 15 is 0 Å². The molecule has 1 fully saturated rings. The molecule has 0 radical (unpaired) electrons. The van der Waals surface area contributed by atoms with Gasteiger partial charge in [0.25, 0.3) is 0 Å². The highest BCUT2D eigenvalue weighted by Crippen LogP contribution is 2.33. The van der Waals surface area contributed by atoms with Crippen LogP contribution in [-0.4, -0.2) is 10.7 Å². The Morgan fingerprint density at radius 1 is 1.25 bits per heavy atom. The quantitative estimate of drug-likeness (QED) is 0.838. The lowest BCUT2D eigenvalue weighted by atomic mass is 9.80. The lowest BCUT2D eigenvalue weighted by Gasteiger charge is -2.32. The van der Waals surface area contributed by atoms with Crippen LogP contribution in [0.5, 0.6) is 0 Å². The molecule has 0 aromatic heterocycles. The number of halogens is 2. The maximum Gasteiger partial charge on any atom is 0.127 e. The number of aliphatic hydroxyl groups is 1. The summed E-state index contributed by atoms with van der Waals surface area (Å²) in [7, 11) is 0. The van der Waals surface area contributed by atoms with Crippen LogP contribution in [0.2, 0.25) is 5.02 Å². The van der Waals surface area contributed by atoms with Gasteiger partial charge in [-0.25, -0.2) is 4.39 Å². The monoisotopic (exact) mass is 242 g/mol. The molecular weight excluding hydrogens is 227 g/mol. The normalized spacial score (nSPS) is 19.7. The average molecular weight is 243 g/mol. The Kier molecular flexibility index (Phi) is 3.50. The zero-order chi connectivity index (χ0) is 11.6. The summed E-state index contributed by atoms with van der Waals surface area (Å²) in [5.41, 5.74) is -0.307. The summed E-state index contributed by atoms with van der Waals surface area (Å²) < 4.78 is 13.6. The molecule has 88 valence electrons. The Morgan fingerprint density at radius 3 is 2.56 bits per heavy atom. The van der Waals surface area contributed by atoms with Gasteiger partial charge in [0.15, 0.2) is 0 Å². The number of hydrogen-bond donors (Lipinski definition) is 1. The predicted octanol–water partition coefficient (Wildman–Crippen LogP) is 3.72. The van der Waals surface area contributed by atoms with Crippen LogP contribution in [0.3, 0.4) is 0 Å². The van der Waals surface area contributed by atoms with E-state index in [0.29, 0.717) is 17.0 Å². The van der Waals surface area contributed by atoms with Crippen molar-refractivity contribution in [3.8, 4) is 0 Å². The first kappa shape index (κ1) is 11.9. The van der Waals surface area contributed by atoms with Crippen molar-refractivity contribution in [2.24, 2.45) is 0 Å². The fourth-order valence-corrected chi connectivity index (χ4v) is 2.65. The van der Waals surface area contributed by atoms with Gasteiger partial charge in [-0.05, 0) is 25.0 Å². The van der Waals surface area contributed by atoms with Gasteiger partial charge in [0, 0.05) is 17.0 Å². The summed E-state index contributed by atoms with van der Waals surface area (Å²) in [4.78, 5) is 0. The van der Waals surface area contributed by atoms with Gasteiger partial charge in [-0.3, -0.25) is 0 Å². The van der Waals surface area contributed by atoms with Crippen molar-refractivity contribution in [3.63, 3.8) is 0 Å². The number of benzene rings is 1. The molecule has 0 heterocycles. The Morgan fingerprint density at radius 2 is 1.94 bits per heavy atom. The second kappa shape index (κ2) is 4.72. The minimum Gasteiger partial charge on any atom is -0.390 e. The summed E-state index contributed by atoms with van der Waals surface area (Å²) in [5, 5.41) is 10.8. The molecule has 1 N–H and O–H groups in total. The minimum absolute atomic E-state index is 0.313. The van der Waals surface area contributed by atoms with E-state index in [-0.39, 0.29) is 5.82 Å². The third kappa shape index (κ3) is 2.55. The Hall–Kier alpha value is -0.600. The molecule has 16 heavy (non-hydrogen) atoms. The van der Waals surface area contributed by atoms with Crippen molar-refractivity contribution in [1.82, 2.24) is 0 Å². The molecule has 0 bridgehead atoms. The van der Waals surface area contributed by atoms with Crippen LogP contribution in [-0.2, 0) is 6.42 Å². The van der Waals surface area contributed by atoms with E-state index in [2.05, 4.69) is 0 Å². The first-order valence-electron chi connectivity index (χ1n) is 5.76. The smallest absolute Gasteiger partial charge is 0.127 e. The highest BCUT2D eigenvalue weighted by Gasteiger charge is 2.30. The van der Waals surface area contributed by atoms with Crippen molar-refractivity contribution in [2.45, 2.75) is 44.1 Å². The summed E-state index contributed by atoms with van der Waals surface area (Å²) in [6, 6.07) is 4.66. The second-order valence-electron chi connectivity index (χ2n) is 4.66. The van der Waals surface area contributed by atoms with Crippen LogP contribution in [0.1, 0.15) is 37.7 Å². The molecule has 2 rings (SSSR count). The first-order chi connectivity index (χ1) is 7.61. The Bertz CT molecular complexity index is 352. The zero-order valence-electron chi connectivity index (χ0n) is 9.18. The van der Waals surface area contributed by atoms with Crippen molar-refractivity contribution in [2.75, 3.05) is 0 Å². The van der Waals surface area contributed by atoms with E-state index in [1.807, 2.05) is 0 Å². The highest BCUT2D eigenvalue weighted by atomic mass is 35.5. The molecule has 0 spiro atoms. The van der Waals surface area contributed by atoms with Crippen LogP contribution in [0.4, 0.5) is 4.39 Å². The maximum atomic E-state index is 13.6. The maximum absolute atomic E-state index is 13.6. The van der Waals surface area contributed by atoms with Gasteiger partial charge >= 0.3 is 0 Å². The number of hydrogen-bond acceptors (Lipinski definition) is 1. The van der Waals surface area contributed by atoms with Crippen LogP contribution in [0.25, 0.3) is 0 Å². The lowest BCUT2D eigenvalue weighted by Crippen LogP contribution is -2.34. The van der Waals surface area contributed by atoms with E-state index in [4.69, 9.17) is 11.6 Å². The molecule has 1 aliphatic rings. The molecule has 0 atom stereocenters. The Labute approximate surface area is 100 Å². The van der Waals surface area contributed by atoms with Crippen molar-refractivity contribution >= 4 is 11.6 Å². The second-order valence-corrected chi connectivity index (χ2v) is 5.07. The minimum atomic E-state index is -0.760. The largest absolute Gasteiger partial charge is 0.390 e. The van der Waals surface area contributed by atoms with Crippen LogP contribution in [0, 0.1) is 5.82 Å². The van der Waals surface area contributed by atoms with Crippen molar-refractivity contribution in [1.29, 1.82) is 0 Å². The topological polar surface area (TPSA) is 20.2 Å². The van der Waals surface area contributed by atoms with Gasteiger partial charge in [0.05, 0.1) is 5.60 Å². The zero-order valence-corrected chi connectivity index (χ0v) is 9.93. The van der Waals surface area contributed by atoms with E-state index in [1.165, 1.54) is 6.07 Å². The van der Waals surface area contributed by atoms with E-state index in [1.54, 1.807) is 12.1 Å². The van der Waals surface area contributed by atoms with Crippen LogP contribution < -0.4 is 0 Å². The molecular formula is C13H16ClFO. The standard InChI is InChI=1S/C13H16ClFO/c14-11-5-4-6-12(15)10(11)9-13(16)7-2-1-3-8-13/h4-6,16H,1-3,7-9H2. The van der Waals surface area contributed by atoms with Crippen molar-refractivity contribution in [3.05, 3.63) is 34.6 Å². The van der Waals surface area contributed by atoms with Gasteiger partial charge in [-0.2, -0.15) is 0 Å². The summed E-state index contributed by atoms with van der Waals surface area (Å²) in [6.07, 6.45) is 5.02. The number of rotatable bonds is 2. The SMILES string of the molecule is OC1(Cc2c(F)cccc2Cl)CCCCC1. The third-order valence-corrected chi connectivity index (χ3v) is 3.71. The molecule has 1 aromatic carbocycles. The van der Waals surface area contributed by atoms with E-state index in [0.717, 1.165) is 32.1 Å². The lowest BCUT2D eigenvalue weighted by molar-refractivity contribution is 0.00381. The average Bonchev–Trinajstić information content (AvgIpc) is 2.25. The molecule has 0 unspecified atom stereocenters. The summed E-state index contributed by atoms with van der Waals surface area (Å²) >= 11 is 5.96. The van der Waals surface area contributed by atoms with E-state index < -0.39 is 5.60 Å². The molecule has 3 heteroatoms. The highest BCUT2D eigenvalue weighted by molar-refractivity contribution is 6.31. The van der Waals surface area contributed by atoms with Crippen LogP contribution >= 0.6 is 11.6 Å². The van der Waals surface area contributed by atoms with E-state index in [9.17, 15) is 9.50 Å². The molecule has 1 aromatic rings. The fourth-order valence-electron chi connectivity index (χ4n) is 2.42. The van der Waals surface area contributed by atoms with Gasteiger partial charge in [0.2, 0.25) is 0 Å². The third-order valence-electron chi connectivity index (χ3n) is 3.35. The molecule has 0 saturated heterocycles. The molecule has 1 aliphatic carbocycles. The van der Waals surface area contributed by atoms with Gasteiger partial charge in [-0.1, -0.05) is 36.9 Å². The molecule has 0 aliphatic heterocycles. The Balaban J connectivity index is 2.19. The molecule has 0 amide bonds. The summed E-state index contributed by atoms with van der Waals surface area (Å²) in [5.74, 6) is -0.313. The van der Waals surface area contributed by atoms with Gasteiger partial charge in [-0.15, -0.1) is 0 Å². The van der Waals surface area contributed by atoms with Crippen LogP contribution in [0.15, 0.2) is 18.2 Å². The molecule has 1 saturated carbocycles. The van der Waals surface area contributed by atoms with Gasteiger partial charge in [0.1, 0.15) is 5.82 Å². The fraction of sp³-hybridized carbons (Fsp3) is 0.538. The van der Waals surface area contributed by atoms with Crippen molar-refractivity contribution < 1.29 is 9.50 Å². The first-order valence-corrected chi connectivity index (χ1v) is 6.14. The molecule has 1 nitrogen and oxygen atoms in total. The van der Waals surface area contributed by atoms with Gasteiger partial charge < -0.3 is 5.11 Å².